The summed E-state index contributed by atoms with van der Waals surface area (Å²) in [6.07, 6.45) is -0.661. The number of aromatic nitrogens is 1. The molecule has 10 heteroatoms. The lowest BCUT2D eigenvalue weighted by Crippen LogP contribution is -2.28. The Hall–Kier alpha value is -4.18. The molecule has 0 bridgehead atoms. The number of rotatable bonds is 7. The molecular formula is C25H24N4O5S. The lowest BCUT2D eigenvalue weighted by atomic mass is 10.2. The highest BCUT2D eigenvalue weighted by atomic mass is 32.1. The highest BCUT2D eigenvalue weighted by Gasteiger charge is 2.21. The second-order valence-corrected chi connectivity index (χ2v) is 8.80. The molecule has 4 rings (SSSR count). The molecule has 1 unspecified atom stereocenters. The van der Waals surface area contributed by atoms with Crippen molar-refractivity contribution in [2.24, 2.45) is 0 Å². The predicted octanol–water partition coefficient (Wildman–Crippen LogP) is 4.87. The van der Waals surface area contributed by atoms with Gasteiger partial charge >= 0.3 is 17.7 Å². The highest BCUT2D eigenvalue weighted by Crippen LogP contribution is 2.32. The van der Waals surface area contributed by atoms with Gasteiger partial charge in [0.25, 0.3) is 0 Å². The van der Waals surface area contributed by atoms with E-state index in [0.29, 0.717) is 21.9 Å². The molecule has 35 heavy (non-hydrogen) atoms. The summed E-state index contributed by atoms with van der Waals surface area (Å²) in [5, 5.41) is 8.94. The Morgan fingerprint density at radius 1 is 1.06 bits per heavy atom. The van der Waals surface area contributed by atoms with Crippen LogP contribution in [0.5, 0.6) is 0 Å². The van der Waals surface area contributed by atoms with E-state index in [-0.39, 0.29) is 17.9 Å². The van der Waals surface area contributed by atoms with Crippen LogP contribution >= 0.6 is 11.3 Å². The Balaban J connectivity index is 1.41. The van der Waals surface area contributed by atoms with Crippen LogP contribution in [0.15, 0.2) is 69.9 Å². The number of benzene rings is 2. The number of alkyl carbamates (subject to hydrolysis) is 1. The van der Waals surface area contributed by atoms with Gasteiger partial charge in [0.05, 0.1) is 0 Å². The molecule has 180 valence electrons. The van der Waals surface area contributed by atoms with Gasteiger partial charge in [-0.25, -0.2) is 19.4 Å². The molecule has 2 aromatic heterocycles. The van der Waals surface area contributed by atoms with Crippen LogP contribution in [0.1, 0.15) is 35.5 Å². The van der Waals surface area contributed by atoms with Gasteiger partial charge in [0.15, 0.2) is 0 Å². The summed E-state index contributed by atoms with van der Waals surface area (Å²) in [5.74, 6) is 0.0421. The van der Waals surface area contributed by atoms with Crippen molar-refractivity contribution in [1.82, 2.24) is 15.6 Å². The number of hydrogen-bond acceptors (Lipinski definition) is 7. The van der Waals surface area contributed by atoms with E-state index in [1.165, 1.54) is 0 Å². The van der Waals surface area contributed by atoms with Crippen LogP contribution in [0.4, 0.5) is 14.6 Å². The number of fused-ring (bicyclic) bond motifs is 1. The van der Waals surface area contributed by atoms with Crippen molar-refractivity contribution < 1.29 is 18.7 Å². The third kappa shape index (κ3) is 6.04. The van der Waals surface area contributed by atoms with Gasteiger partial charge < -0.3 is 19.8 Å². The Bertz CT molecular complexity index is 1390. The molecule has 0 fully saturated rings. The molecule has 3 amide bonds. The summed E-state index contributed by atoms with van der Waals surface area (Å²) in [7, 11) is 0. The molecule has 2 heterocycles. The first kappa shape index (κ1) is 24.0. The molecule has 9 nitrogen and oxygen atoms in total. The monoisotopic (exact) mass is 492 g/mol. The summed E-state index contributed by atoms with van der Waals surface area (Å²) in [5.41, 5.74) is 1.79. The number of aryl methyl sites for hydroxylation is 1. The Kier molecular flexibility index (Phi) is 7.41. The molecule has 0 radical (unpaired) electrons. The summed E-state index contributed by atoms with van der Waals surface area (Å²) in [6, 6.07) is 17.7. The molecule has 4 aromatic rings. The number of carbonyl (C=O) groups is 2. The number of nitrogens with zero attached hydrogens (tertiary/aromatic N) is 1. The van der Waals surface area contributed by atoms with Gasteiger partial charge in [-0.05, 0) is 25.0 Å². The Morgan fingerprint density at radius 3 is 2.40 bits per heavy atom. The molecule has 0 saturated carbocycles. The molecule has 3 N–H and O–H groups in total. The van der Waals surface area contributed by atoms with Crippen LogP contribution in [-0.2, 0) is 17.9 Å². The van der Waals surface area contributed by atoms with Crippen molar-refractivity contribution in [3.05, 3.63) is 93.7 Å². The van der Waals surface area contributed by atoms with Crippen molar-refractivity contribution in [2.75, 3.05) is 5.32 Å². The SMILES string of the molecule is Cc1c(NC(=O)NCc2ccccc2)sc2nc(C(C)NC(=O)OCc3ccccc3)oc(=O)c12. The van der Waals surface area contributed by atoms with E-state index in [1.54, 1.807) is 13.8 Å². The largest absolute Gasteiger partial charge is 0.445 e. The average Bonchev–Trinajstić information content (AvgIpc) is 3.18. The zero-order chi connectivity index (χ0) is 24.8. The summed E-state index contributed by atoms with van der Waals surface area (Å²) in [4.78, 5) is 42.0. The summed E-state index contributed by atoms with van der Waals surface area (Å²) < 4.78 is 10.6. The van der Waals surface area contributed by atoms with Crippen LogP contribution < -0.4 is 21.6 Å². The molecule has 2 aromatic carbocycles. The van der Waals surface area contributed by atoms with E-state index in [4.69, 9.17) is 9.15 Å². The molecular weight excluding hydrogens is 468 g/mol. The fourth-order valence-corrected chi connectivity index (χ4v) is 4.39. The number of urea groups is 1. The van der Waals surface area contributed by atoms with Gasteiger partial charge in [-0.3, -0.25) is 5.32 Å². The maximum absolute atomic E-state index is 12.7. The van der Waals surface area contributed by atoms with Gasteiger partial charge in [0.1, 0.15) is 27.9 Å². The van der Waals surface area contributed by atoms with E-state index in [2.05, 4.69) is 20.9 Å². The fourth-order valence-electron chi connectivity index (χ4n) is 3.32. The zero-order valence-corrected chi connectivity index (χ0v) is 20.0. The van der Waals surface area contributed by atoms with Crippen molar-refractivity contribution in [1.29, 1.82) is 0 Å². The van der Waals surface area contributed by atoms with Crippen molar-refractivity contribution in [3.8, 4) is 0 Å². The maximum Gasteiger partial charge on any atom is 0.408 e. The first-order chi connectivity index (χ1) is 16.9. The van der Waals surface area contributed by atoms with E-state index in [1.807, 2.05) is 60.7 Å². The topological polar surface area (TPSA) is 123 Å². The van der Waals surface area contributed by atoms with Gasteiger partial charge in [-0.1, -0.05) is 72.0 Å². The van der Waals surface area contributed by atoms with Crippen LogP contribution in [-0.4, -0.2) is 17.1 Å². The van der Waals surface area contributed by atoms with Gasteiger partial charge in [0, 0.05) is 12.1 Å². The molecule has 1 atom stereocenters. The second kappa shape index (κ2) is 10.8. The van der Waals surface area contributed by atoms with Crippen LogP contribution in [0, 0.1) is 6.92 Å². The average molecular weight is 493 g/mol. The minimum absolute atomic E-state index is 0.0421. The van der Waals surface area contributed by atoms with Gasteiger partial charge in [0.2, 0.25) is 5.89 Å². The zero-order valence-electron chi connectivity index (χ0n) is 19.2. The third-order valence-electron chi connectivity index (χ3n) is 5.18. The predicted molar refractivity (Wildman–Crippen MR) is 133 cm³/mol. The van der Waals surface area contributed by atoms with E-state index in [0.717, 1.165) is 22.5 Å². The first-order valence-electron chi connectivity index (χ1n) is 10.9. The minimum Gasteiger partial charge on any atom is -0.445 e. The van der Waals surface area contributed by atoms with E-state index >= 15 is 0 Å². The lowest BCUT2D eigenvalue weighted by molar-refractivity contribution is 0.134. The molecule has 0 saturated heterocycles. The number of ether oxygens (including phenoxy) is 1. The van der Waals surface area contributed by atoms with Crippen LogP contribution in [0.25, 0.3) is 10.2 Å². The number of anilines is 1. The summed E-state index contributed by atoms with van der Waals surface area (Å²) in [6.45, 7) is 3.83. The number of nitrogens with one attached hydrogen (secondary N) is 3. The number of carbonyl (C=O) groups excluding carboxylic acids is 2. The molecule has 0 aliphatic rings. The van der Waals surface area contributed by atoms with Gasteiger partial charge in [-0.2, -0.15) is 0 Å². The maximum atomic E-state index is 12.7. The molecule has 0 spiro atoms. The smallest absolute Gasteiger partial charge is 0.408 e. The summed E-state index contributed by atoms with van der Waals surface area (Å²) >= 11 is 1.16. The first-order valence-corrected chi connectivity index (χ1v) is 11.7. The standard InChI is InChI=1S/C25H24N4O5S/c1-15-19-22(35-21(15)29-24(31)26-13-17-9-5-3-6-10-17)28-20(34-23(19)30)16(2)27-25(32)33-14-18-11-7-4-8-12-18/h3-12,16H,13-14H2,1-2H3,(H,27,32)(H2,26,29,31). The minimum atomic E-state index is -0.705. The van der Waals surface area contributed by atoms with Crippen molar-refractivity contribution in [2.45, 2.75) is 33.0 Å². The van der Waals surface area contributed by atoms with E-state index < -0.39 is 23.8 Å². The van der Waals surface area contributed by atoms with Crippen molar-refractivity contribution in [3.63, 3.8) is 0 Å². The second-order valence-electron chi connectivity index (χ2n) is 7.80. The molecule has 0 aliphatic carbocycles. The van der Waals surface area contributed by atoms with Gasteiger partial charge in [-0.15, -0.1) is 0 Å². The van der Waals surface area contributed by atoms with Crippen LogP contribution in [0.2, 0.25) is 0 Å². The number of hydrogen-bond donors (Lipinski definition) is 3. The number of thiophene rings is 1. The number of amides is 3. The normalized spacial score (nSPS) is 11.6. The third-order valence-corrected chi connectivity index (χ3v) is 6.28. The molecule has 0 aliphatic heterocycles. The van der Waals surface area contributed by atoms with Crippen molar-refractivity contribution >= 4 is 38.7 Å². The van der Waals surface area contributed by atoms with Crippen LogP contribution in [0.3, 0.4) is 0 Å². The lowest BCUT2D eigenvalue weighted by Gasteiger charge is -2.12. The fraction of sp³-hybridized carbons (Fsp3) is 0.200. The quantitative estimate of drug-likeness (QED) is 0.338. The Morgan fingerprint density at radius 2 is 1.71 bits per heavy atom. The highest BCUT2D eigenvalue weighted by molar-refractivity contribution is 7.22. The van der Waals surface area contributed by atoms with E-state index in [9.17, 15) is 14.4 Å². The Labute approximate surface area is 205 Å².